The lowest BCUT2D eigenvalue weighted by Crippen LogP contribution is -1.91. The predicted molar refractivity (Wildman–Crippen MR) is 127 cm³/mol. The SMILES string of the molecule is CCC(C)CCCCCCCC/C=C\CCCCCCCCCC(C)CC. The molecule has 0 aromatic heterocycles. The van der Waals surface area contributed by atoms with Crippen LogP contribution in [0.1, 0.15) is 150 Å². The normalized spacial score (nSPS) is 14.1. The quantitative estimate of drug-likeness (QED) is 0.138. The second-order valence-corrected chi connectivity index (χ2v) is 9.25. The van der Waals surface area contributed by atoms with E-state index in [9.17, 15) is 0 Å². The van der Waals surface area contributed by atoms with Crippen LogP contribution < -0.4 is 0 Å². The number of allylic oxidation sites excluding steroid dienone is 2. The Morgan fingerprint density at radius 1 is 0.444 bits per heavy atom. The average Bonchev–Trinajstić information content (AvgIpc) is 2.69. The summed E-state index contributed by atoms with van der Waals surface area (Å²) in [5.41, 5.74) is 0. The van der Waals surface area contributed by atoms with Crippen LogP contribution >= 0.6 is 0 Å². The van der Waals surface area contributed by atoms with E-state index >= 15 is 0 Å². The van der Waals surface area contributed by atoms with E-state index in [1.807, 2.05) is 0 Å². The maximum absolute atomic E-state index is 2.44. The van der Waals surface area contributed by atoms with Crippen LogP contribution in [0, 0.1) is 11.8 Å². The van der Waals surface area contributed by atoms with Crippen LogP contribution in [0.5, 0.6) is 0 Å². The molecule has 2 unspecified atom stereocenters. The summed E-state index contributed by atoms with van der Waals surface area (Å²) in [5.74, 6) is 1.88. The summed E-state index contributed by atoms with van der Waals surface area (Å²) in [6.45, 7) is 9.41. The highest BCUT2D eigenvalue weighted by Crippen LogP contribution is 2.16. The summed E-state index contributed by atoms with van der Waals surface area (Å²) >= 11 is 0. The van der Waals surface area contributed by atoms with Gasteiger partial charge in [-0.3, -0.25) is 0 Å². The molecular weight excluding hydrogens is 324 g/mol. The molecule has 0 aromatic carbocycles. The molecule has 0 amide bonds. The van der Waals surface area contributed by atoms with Crippen molar-refractivity contribution in [2.45, 2.75) is 150 Å². The van der Waals surface area contributed by atoms with E-state index in [4.69, 9.17) is 0 Å². The van der Waals surface area contributed by atoms with E-state index in [0.29, 0.717) is 0 Å². The zero-order chi connectivity index (χ0) is 20.0. The second-order valence-electron chi connectivity index (χ2n) is 9.25. The lowest BCUT2D eigenvalue weighted by molar-refractivity contribution is 0.470. The summed E-state index contributed by atoms with van der Waals surface area (Å²) in [4.78, 5) is 0. The van der Waals surface area contributed by atoms with Crippen LogP contribution in [0.4, 0.5) is 0 Å². The molecule has 0 spiro atoms. The van der Waals surface area contributed by atoms with Gasteiger partial charge >= 0.3 is 0 Å². The number of rotatable bonds is 21. The standard InChI is InChI=1S/C27H54/c1-5-26(3)24-22-20-18-16-14-12-10-8-7-9-11-13-15-17-19-21-23-25-27(4)6-2/h7-8,26-27H,5-6,9-25H2,1-4H3/b8-7-. The fourth-order valence-corrected chi connectivity index (χ4v) is 3.74. The van der Waals surface area contributed by atoms with Gasteiger partial charge in [0.05, 0.1) is 0 Å². The van der Waals surface area contributed by atoms with Gasteiger partial charge in [-0.25, -0.2) is 0 Å². The van der Waals surface area contributed by atoms with Crippen LogP contribution in [0.3, 0.4) is 0 Å². The Morgan fingerprint density at radius 3 is 1.07 bits per heavy atom. The average molecular weight is 379 g/mol. The maximum Gasteiger partial charge on any atom is -0.0351 e. The zero-order valence-corrected chi connectivity index (χ0v) is 19.7. The molecule has 0 aliphatic heterocycles. The summed E-state index contributed by atoms with van der Waals surface area (Å²) in [7, 11) is 0. The van der Waals surface area contributed by atoms with Crippen molar-refractivity contribution in [3.8, 4) is 0 Å². The van der Waals surface area contributed by atoms with Gasteiger partial charge in [0.15, 0.2) is 0 Å². The second kappa shape index (κ2) is 22.0. The van der Waals surface area contributed by atoms with Crippen LogP contribution in [0.15, 0.2) is 12.2 Å². The molecule has 0 radical (unpaired) electrons. The molecule has 0 bridgehead atoms. The summed E-state index contributed by atoms with van der Waals surface area (Å²) in [6.07, 6.45) is 31.9. The van der Waals surface area contributed by atoms with Gasteiger partial charge in [0.1, 0.15) is 0 Å². The molecule has 2 atom stereocenters. The minimum atomic E-state index is 0.939. The van der Waals surface area contributed by atoms with Crippen LogP contribution in [-0.4, -0.2) is 0 Å². The fraction of sp³-hybridized carbons (Fsp3) is 0.926. The molecule has 0 saturated heterocycles. The van der Waals surface area contributed by atoms with Gasteiger partial charge in [-0.2, -0.15) is 0 Å². The molecule has 0 aliphatic carbocycles. The third-order valence-electron chi connectivity index (χ3n) is 6.45. The van der Waals surface area contributed by atoms with Crippen molar-refractivity contribution in [2.24, 2.45) is 11.8 Å². The van der Waals surface area contributed by atoms with Gasteiger partial charge in [0.2, 0.25) is 0 Å². The molecule has 0 heteroatoms. The minimum absolute atomic E-state index is 0.939. The first-order chi connectivity index (χ1) is 13.2. The van der Waals surface area contributed by atoms with Gasteiger partial charge in [-0.15, -0.1) is 0 Å². The first kappa shape index (κ1) is 26.7. The Labute approximate surface area is 174 Å². The Hall–Kier alpha value is -0.260. The summed E-state index contributed by atoms with van der Waals surface area (Å²) in [5, 5.41) is 0. The van der Waals surface area contributed by atoms with Gasteiger partial charge < -0.3 is 0 Å². The Morgan fingerprint density at radius 2 is 0.741 bits per heavy atom. The minimum Gasteiger partial charge on any atom is -0.0885 e. The molecule has 0 aliphatic rings. The topological polar surface area (TPSA) is 0 Å². The number of hydrogen-bond donors (Lipinski definition) is 0. The van der Waals surface area contributed by atoms with E-state index in [-0.39, 0.29) is 0 Å². The van der Waals surface area contributed by atoms with Gasteiger partial charge in [-0.05, 0) is 37.5 Å². The predicted octanol–water partition coefficient (Wildman–Crippen LogP) is 10.3. The molecular formula is C27H54. The third kappa shape index (κ3) is 21.9. The lowest BCUT2D eigenvalue weighted by Gasteiger charge is -2.07. The molecule has 0 rings (SSSR count). The monoisotopic (exact) mass is 378 g/mol. The van der Waals surface area contributed by atoms with Crippen LogP contribution in [-0.2, 0) is 0 Å². The molecule has 162 valence electrons. The van der Waals surface area contributed by atoms with E-state index in [1.54, 1.807) is 0 Å². The van der Waals surface area contributed by atoms with Gasteiger partial charge in [0, 0.05) is 0 Å². The van der Waals surface area contributed by atoms with Crippen LogP contribution in [0.25, 0.3) is 0 Å². The Balaban J connectivity index is 3.13. The first-order valence-corrected chi connectivity index (χ1v) is 12.9. The first-order valence-electron chi connectivity index (χ1n) is 12.9. The van der Waals surface area contributed by atoms with E-state index in [2.05, 4.69) is 39.8 Å². The lowest BCUT2D eigenvalue weighted by atomic mass is 9.99. The summed E-state index contributed by atoms with van der Waals surface area (Å²) < 4.78 is 0. The molecule has 27 heavy (non-hydrogen) atoms. The van der Waals surface area contributed by atoms with Gasteiger partial charge in [-0.1, -0.05) is 136 Å². The largest absolute Gasteiger partial charge is 0.0885 e. The molecule has 0 aromatic rings. The van der Waals surface area contributed by atoms with Crippen molar-refractivity contribution in [3.05, 3.63) is 12.2 Å². The van der Waals surface area contributed by atoms with Crippen molar-refractivity contribution in [1.29, 1.82) is 0 Å². The van der Waals surface area contributed by atoms with Crippen molar-refractivity contribution in [2.75, 3.05) is 0 Å². The highest BCUT2D eigenvalue weighted by atomic mass is 14.0. The van der Waals surface area contributed by atoms with Crippen LogP contribution in [0.2, 0.25) is 0 Å². The van der Waals surface area contributed by atoms with Crippen molar-refractivity contribution >= 4 is 0 Å². The zero-order valence-electron chi connectivity index (χ0n) is 19.7. The highest BCUT2D eigenvalue weighted by molar-refractivity contribution is 4.81. The Bertz CT molecular complexity index is 290. The van der Waals surface area contributed by atoms with Crippen molar-refractivity contribution < 1.29 is 0 Å². The summed E-state index contributed by atoms with van der Waals surface area (Å²) in [6, 6.07) is 0. The van der Waals surface area contributed by atoms with Crippen molar-refractivity contribution in [3.63, 3.8) is 0 Å². The van der Waals surface area contributed by atoms with E-state index < -0.39 is 0 Å². The maximum atomic E-state index is 2.44. The molecule has 0 fully saturated rings. The molecule has 0 N–H and O–H groups in total. The smallest absolute Gasteiger partial charge is 0.0351 e. The molecule has 0 saturated carbocycles. The van der Waals surface area contributed by atoms with E-state index in [0.717, 1.165) is 11.8 Å². The number of unbranched alkanes of at least 4 members (excludes halogenated alkanes) is 13. The molecule has 0 heterocycles. The third-order valence-corrected chi connectivity index (χ3v) is 6.45. The Kier molecular flexibility index (Phi) is 21.8. The van der Waals surface area contributed by atoms with Crippen molar-refractivity contribution in [1.82, 2.24) is 0 Å². The highest BCUT2D eigenvalue weighted by Gasteiger charge is 1.99. The molecule has 0 nitrogen and oxygen atoms in total. The van der Waals surface area contributed by atoms with E-state index in [1.165, 1.54) is 122 Å². The van der Waals surface area contributed by atoms with Gasteiger partial charge in [0.25, 0.3) is 0 Å². The number of hydrogen-bond acceptors (Lipinski definition) is 0. The fourth-order valence-electron chi connectivity index (χ4n) is 3.74.